The van der Waals surface area contributed by atoms with Crippen LogP contribution in [-0.4, -0.2) is 17.6 Å². The number of rotatable bonds is 3. The number of aromatic nitrogens is 1. The van der Waals surface area contributed by atoms with E-state index in [9.17, 15) is 4.79 Å². The molecule has 0 spiro atoms. The van der Waals surface area contributed by atoms with Gasteiger partial charge in [-0.15, -0.1) is 0 Å². The fourth-order valence-electron chi connectivity index (χ4n) is 2.59. The van der Waals surface area contributed by atoms with Crippen molar-refractivity contribution in [3.8, 4) is 0 Å². The SMILES string of the molecule is NC(=O)NCc1ccc(N2CCc3ccccc3C2)nc1. The van der Waals surface area contributed by atoms with Crippen molar-refractivity contribution in [2.24, 2.45) is 5.73 Å². The van der Waals surface area contributed by atoms with Crippen LogP contribution in [0.15, 0.2) is 42.6 Å². The lowest BCUT2D eigenvalue weighted by atomic mass is 10.00. The van der Waals surface area contributed by atoms with Crippen LogP contribution in [0.5, 0.6) is 0 Å². The lowest BCUT2D eigenvalue weighted by Gasteiger charge is -2.29. The average molecular weight is 282 g/mol. The van der Waals surface area contributed by atoms with E-state index in [1.807, 2.05) is 12.1 Å². The molecule has 1 aliphatic heterocycles. The summed E-state index contributed by atoms with van der Waals surface area (Å²) >= 11 is 0. The minimum atomic E-state index is -0.522. The topological polar surface area (TPSA) is 71.2 Å². The molecule has 1 aliphatic rings. The first kappa shape index (κ1) is 13.4. The number of carbonyl (C=O) groups excluding carboxylic acids is 1. The third kappa shape index (κ3) is 3.13. The maximum atomic E-state index is 10.7. The van der Waals surface area contributed by atoms with Crippen LogP contribution in [0, 0.1) is 0 Å². The van der Waals surface area contributed by atoms with Crippen molar-refractivity contribution in [1.82, 2.24) is 10.3 Å². The molecule has 5 nitrogen and oxygen atoms in total. The molecule has 108 valence electrons. The number of hydrogen-bond donors (Lipinski definition) is 2. The number of fused-ring (bicyclic) bond motifs is 1. The van der Waals surface area contributed by atoms with Gasteiger partial charge in [0.1, 0.15) is 5.82 Å². The molecule has 5 heteroatoms. The van der Waals surface area contributed by atoms with Gasteiger partial charge in [0.15, 0.2) is 0 Å². The molecule has 0 aliphatic carbocycles. The van der Waals surface area contributed by atoms with Crippen molar-refractivity contribution >= 4 is 11.8 Å². The van der Waals surface area contributed by atoms with Gasteiger partial charge in [0.25, 0.3) is 0 Å². The first-order valence-electron chi connectivity index (χ1n) is 7.02. The van der Waals surface area contributed by atoms with Gasteiger partial charge < -0.3 is 16.0 Å². The van der Waals surface area contributed by atoms with Crippen molar-refractivity contribution in [2.75, 3.05) is 11.4 Å². The Morgan fingerprint density at radius 1 is 1.24 bits per heavy atom. The Hall–Kier alpha value is -2.56. The van der Waals surface area contributed by atoms with Crippen LogP contribution in [0.2, 0.25) is 0 Å². The number of nitrogens with zero attached hydrogens (tertiary/aromatic N) is 2. The van der Waals surface area contributed by atoms with Crippen LogP contribution < -0.4 is 16.0 Å². The fourth-order valence-corrected chi connectivity index (χ4v) is 2.59. The van der Waals surface area contributed by atoms with Gasteiger partial charge in [-0.25, -0.2) is 9.78 Å². The van der Waals surface area contributed by atoms with E-state index in [2.05, 4.69) is 39.5 Å². The maximum absolute atomic E-state index is 10.7. The molecule has 1 aromatic heterocycles. The van der Waals surface area contributed by atoms with E-state index in [1.54, 1.807) is 6.20 Å². The molecule has 0 saturated carbocycles. The second-order valence-corrected chi connectivity index (χ2v) is 5.18. The van der Waals surface area contributed by atoms with Crippen LogP contribution in [0.25, 0.3) is 0 Å². The minimum Gasteiger partial charge on any atom is -0.352 e. The smallest absolute Gasteiger partial charge is 0.312 e. The van der Waals surface area contributed by atoms with Gasteiger partial charge in [-0.05, 0) is 29.2 Å². The molecule has 2 amide bonds. The quantitative estimate of drug-likeness (QED) is 0.902. The van der Waals surface area contributed by atoms with Crippen molar-refractivity contribution in [3.05, 3.63) is 59.3 Å². The molecule has 1 aromatic carbocycles. The van der Waals surface area contributed by atoms with E-state index in [0.29, 0.717) is 6.54 Å². The van der Waals surface area contributed by atoms with Crippen LogP contribution in [0.4, 0.5) is 10.6 Å². The van der Waals surface area contributed by atoms with Crippen molar-refractivity contribution in [3.63, 3.8) is 0 Å². The first-order chi connectivity index (χ1) is 10.2. The Morgan fingerprint density at radius 3 is 2.76 bits per heavy atom. The summed E-state index contributed by atoms with van der Waals surface area (Å²) in [5.41, 5.74) is 8.79. The van der Waals surface area contributed by atoms with Crippen LogP contribution in [-0.2, 0) is 19.5 Å². The second kappa shape index (κ2) is 5.83. The van der Waals surface area contributed by atoms with Crippen LogP contribution in [0.3, 0.4) is 0 Å². The van der Waals surface area contributed by atoms with Gasteiger partial charge in [-0.1, -0.05) is 30.3 Å². The highest BCUT2D eigenvalue weighted by Crippen LogP contribution is 2.22. The van der Waals surface area contributed by atoms with E-state index in [0.717, 1.165) is 30.9 Å². The van der Waals surface area contributed by atoms with E-state index in [4.69, 9.17) is 5.73 Å². The highest BCUT2D eigenvalue weighted by molar-refractivity contribution is 5.71. The average Bonchev–Trinajstić information content (AvgIpc) is 2.53. The Balaban J connectivity index is 1.69. The lowest BCUT2D eigenvalue weighted by Crippen LogP contribution is -2.31. The largest absolute Gasteiger partial charge is 0.352 e. The molecule has 0 radical (unpaired) electrons. The summed E-state index contributed by atoms with van der Waals surface area (Å²) in [4.78, 5) is 17.4. The Bertz CT molecular complexity index is 639. The predicted octanol–water partition coefficient (Wildman–Crippen LogP) is 1.81. The molecule has 3 rings (SSSR count). The minimum absolute atomic E-state index is 0.408. The summed E-state index contributed by atoms with van der Waals surface area (Å²) < 4.78 is 0. The van der Waals surface area contributed by atoms with E-state index in [-0.39, 0.29) is 0 Å². The lowest BCUT2D eigenvalue weighted by molar-refractivity contribution is 0.248. The van der Waals surface area contributed by atoms with Gasteiger partial charge in [0, 0.05) is 25.8 Å². The Morgan fingerprint density at radius 2 is 2.05 bits per heavy atom. The maximum Gasteiger partial charge on any atom is 0.312 e. The van der Waals surface area contributed by atoms with Gasteiger partial charge in [-0.2, -0.15) is 0 Å². The number of primary amides is 1. The zero-order valence-electron chi connectivity index (χ0n) is 11.7. The Labute approximate surface area is 123 Å². The first-order valence-corrected chi connectivity index (χ1v) is 7.02. The van der Waals surface area contributed by atoms with Gasteiger partial charge in [-0.3, -0.25) is 0 Å². The number of carbonyl (C=O) groups is 1. The van der Waals surface area contributed by atoms with E-state index in [1.165, 1.54) is 11.1 Å². The van der Waals surface area contributed by atoms with E-state index < -0.39 is 6.03 Å². The summed E-state index contributed by atoms with van der Waals surface area (Å²) in [5, 5.41) is 2.56. The highest BCUT2D eigenvalue weighted by atomic mass is 16.2. The summed E-state index contributed by atoms with van der Waals surface area (Å²) in [6.45, 7) is 2.27. The number of nitrogens with one attached hydrogen (secondary N) is 1. The molecule has 0 atom stereocenters. The fraction of sp³-hybridized carbons (Fsp3) is 0.250. The Kier molecular flexibility index (Phi) is 3.73. The van der Waals surface area contributed by atoms with Gasteiger partial charge in [0.2, 0.25) is 0 Å². The monoisotopic (exact) mass is 282 g/mol. The molecular weight excluding hydrogens is 264 g/mol. The number of nitrogens with two attached hydrogens (primary N) is 1. The van der Waals surface area contributed by atoms with Crippen LogP contribution in [0.1, 0.15) is 16.7 Å². The molecule has 21 heavy (non-hydrogen) atoms. The third-order valence-electron chi connectivity index (χ3n) is 3.73. The molecule has 0 bridgehead atoms. The molecule has 0 unspecified atom stereocenters. The molecule has 3 N–H and O–H groups in total. The summed E-state index contributed by atoms with van der Waals surface area (Å²) in [6, 6.07) is 12.0. The normalized spacial score (nSPS) is 13.6. The van der Waals surface area contributed by atoms with Crippen molar-refractivity contribution in [2.45, 2.75) is 19.5 Å². The number of pyridine rings is 1. The molecule has 2 heterocycles. The second-order valence-electron chi connectivity index (χ2n) is 5.18. The standard InChI is InChI=1S/C16H18N4O/c17-16(21)19-10-12-5-6-15(18-9-12)20-8-7-13-3-1-2-4-14(13)11-20/h1-6,9H,7-8,10-11H2,(H3,17,19,21). The predicted molar refractivity (Wildman–Crippen MR) is 81.9 cm³/mol. The highest BCUT2D eigenvalue weighted by Gasteiger charge is 2.16. The third-order valence-corrected chi connectivity index (χ3v) is 3.73. The van der Waals surface area contributed by atoms with Crippen molar-refractivity contribution < 1.29 is 4.79 Å². The number of hydrogen-bond acceptors (Lipinski definition) is 3. The van der Waals surface area contributed by atoms with Crippen molar-refractivity contribution in [1.29, 1.82) is 0 Å². The molecular formula is C16H18N4O. The summed E-state index contributed by atoms with van der Waals surface area (Å²) in [7, 11) is 0. The number of urea groups is 1. The number of anilines is 1. The number of amides is 2. The van der Waals surface area contributed by atoms with Gasteiger partial charge >= 0.3 is 6.03 Å². The summed E-state index contributed by atoms with van der Waals surface area (Å²) in [5.74, 6) is 0.965. The molecule has 2 aromatic rings. The number of benzene rings is 1. The van der Waals surface area contributed by atoms with E-state index >= 15 is 0 Å². The summed E-state index contributed by atoms with van der Waals surface area (Å²) in [6.07, 6.45) is 2.83. The zero-order chi connectivity index (χ0) is 14.7. The van der Waals surface area contributed by atoms with Gasteiger partial charge in [0.05, 0.1) is 0 Å². The van der Waals surface area contributed by atoms with Crippen LogP contribution >= 0.6 is 0 Å². The molecule has 0 saturated heterocycles. The zero-order valence-corrected chi connectivity index (χ0v) is 11.7. The molecule has 0 fully saturated rings.